The molecule has 1 aliphatic rings. The number of hydrogen-bond donors (Lipinski definition) is 3. The molecule has 0 bridgehead atoms. The van der Waals surface area contributed by atoms with Gasteiger partial charge in [-0.25, -0.2) is 4.98 Å². The van der Waals surface area contributed by atoms with Gasteiger partial charge in [-0.15, -0.1) is 0 Å². The number of nitrogens with zero attached hydrogens (tertiary/aromatic N) is 1. The predicted octanol–water partition coefficient (Wildman–Crippen LogP) is 2.58. The van der Waals surface area contributed by atoms with Crippen LogP contribution in [-0.2, 0) is 17.3 Å². The minimum Gasteiger partial charge on any atom is -0.379 e. The van der Waals surface area contributed by atoms with Gasteiger partial charge in [0.2, 0.25) is 0 Å². The fourth-order valence-corrected chi connectivity index (χ4v) is 2.83. The number of rotatable bonds is 5. The predicted molar refractivity (Wildman–Crippen MR) is 89.8 cm³/mol. The van der Waals surface area contributed by atoms with E-state index in [0.29, 0.717) is 13.2 Å². The summed E-state index contributed by atoms with van der Waals surface area (Å²) in [6, 6.07) is 5.11. The molecule has 138 valence electrons. The van der Waals surface area contributed by atoms with Gasteiger partial charge in [-0.2, -0.15) is 13.2 Å². The second-order valence-corrected chi connectivity index (χ2v) is 5.96. The van der Waals surface area contributed by atoms with E-state index in [1.165, 1.54) is 18.2 Å². The highest BCUT2D eigenvalue weighted by molar-refractivity contribution is 5.83. The van der Waals surface area contributed by atoms with Crippen molar-refractivity contribution in [2.75, 3.05) is 18.5 Å². The van der Waals surface area contributed by atoms with Gasteiger partial charge < -0.3 is 20.4 Å². The number of nitrogens with one attached hydrogen (secondary N) is 3. The molecule has 0 radical (unpaired) electrons. The number of alkyl halides is 3. The Kier molecular flexibility index (Phi) is 5.08. The number of anilines is 1. The van der Waals surface area contributed by atoms with E-state index in [2.05, 4.69) is 15.3 Å². The van der Waals surface area contributed by atoms with Crippen LogP contribution >= 0.6 is 0 Å². The zero-order chi connectivity index (χ0) is 18.7. The Balaban J connectivity index is 1.95. The molecule has 0 spiro atoms. The summed E-state index contributed by atoms with van der Waals surface area (Å²) in [5.41, 5.74) is -1.29. The molecule has 1 aromatic carbocycles. The first-order valence-electron chi connectivity index (χ1n) is 8.01. The zero-order valence-electron chi connectivity index (χ0n) is 13.7. The molecule has 2 heterocycles. The van der Waals surface area contributed by atoms with Gasteiger partial charge in [0.15, 0.2) is 0 Å². The van der Waals surface area contributed by atoms with Crippen molar-refractivity contribution in [3.63, 3.8) is 0 Å². The van der Waals surface area contributed by atoms with Crippen molar-refractivity contribution < 1.29 is 17.9 Å². The van der Waals surface area contributed by atoms with Crippen LogP contribution in [0.15, 0.2) is 29.1 Å². The van der Waals surface area contributed by atoms with Crippen LogP contribution in [0.2, 0.25) is 0 Å². The fraction of sp³-hybridized carbons (Fsp3) is 0.353. The van der Waals surface area contributed by atoms with E-state index in [9.17, 15) is 18.0 Å². The first kappa shape index (κ1) is 18.1. The molecule has 3 N–H and O–H groups in total. The lowest BCUT2D eigenvalue weighted by molar-refractivity contribution is -0.138. The smallest absolute Gasteiger partial charge is 0.379 e. The van der Waals surface area contributed by atoms with E-state index >= 15 is 0 Å². The summed E-state index contributed by atoms with van der Waals surface area (Å²) in [6.07, 6.45) is -3.08. The molecule has 3 rings (SSSR count). The monoisotopic (exact) mass is 366 g/mol. The Bertz CT molecular complexity index is 858. The second kappa shape index (κ2) is 7.28. The molecule has 9 heteroatoms. The van der Waals surface area contributed by atoms with Crippen LogP contribution in [0.3, 0.4) is 0 Å². The summed E-state index contributed by atoms with van der Waals surface area (Å²) in [5, 5.41) is 10.4. The van der Waals surface area contributed by atoms with Crippen LogP contribution in [0, 0.1) is 5.41 Å². The topological polar surface area (TPSA) is 90.9 Å². The van der Waals surface area contributed by atoms with Crippen molar-refractivity contribution in [1.82, 2.24) is 9.97 Å². The molecule has 1 aromatic heterocycles. The van der Waals surface area contributed by atoms with Crippen molar-refractivity contribution in [1.29, 1.82) is 5.41 Å². The van der Waals surface area contributed by atoms with Gasteiger partial charge in [0.1, 0.15) is 11.6 Å². The summed E-state index contributed by atoms with van der Waals surface area (Å²) in [5.74, 6) is 0.275. The van der Waals surface area contributed by atoms with Crippen molar-refractivity contribution in [3.05, 3.63) is 57.1 Å². The van der Waals surface area contributed by atoms with Crippen LogP contribution in [0.25, 0.3) is 0 Å². The number of ether oxygens (including phenoxy) is 1. The average molecular weight is 366 g/mol. The number of aromatic nitrogens is 2. The Hall–Kier alpha value is -2.68. The molecule has 6 nitrogen and oxygen atoms in total. The fourth-order valence-electron chi connectivity index (χ4n) is 2.83. The summed E-state index contributed by atoms with van der Waals surface area (Å²) in [4.78, 5) is 18.9. The highest BCUT2D eigenvalue weighted by Crippen LogP contribution is 2.32. The number of hydrogen-bond acceptors (Lipinski definition) is 5. The molecule has 0 aliphatic carbocycles. The second-order valence-electron chi connectivity index (χ2n) is 5.96. The van der Waals surface area contributed by atoms with Gasteiger partial charge in [-0.3, -0.25) is 4.79 Å². The molecule has 0 amide bonds. The SMILES string of the molecule is N=Cc1c(NC2CCOC2)nc(Cc2ccccc2C(F)(F)F)[nH]c1=O. The maximum absolute atomic E-state index is 13.2. The largest absolute Gasteiger partial charge is 0.416 e. The van der Waals surface area contributed by atoms with E-state index in [0.717, 1.165) is 18.7 Å². The third kappa shape index (κ3) is 3.93. The molecule has 1 fully saturated rings. The Labute approximate surface area is 146 Å². The van der Waals surface area contributed by atoms with Crippen LogP contribution in [0.4, 0.5) is 19.0 Å². The summed E-state index contributed by atoms with van der Waals surface area (Å²) >= 11 is 0. The highest BCUT2D eigenvalue weighted by atomic mass is 19.4. The van der Waals surface area contributed by atoms with E-state index in [4.69, 9.17) is 10.1 Å². The van der Waals surface area contributed by atoms with Crippen LogP contribution in [0.5, 0.6) is 0 Å². The van der Waals surface area contributed by atoms with Gasteiger partial charge in [0.25, 0.3) is 5.56 Å². The third-order valence-corrected chi connectivity index (χ3v) is 4.10. The van der Waals surface area contributed by atoms with Crippen molar-refractivity contribution in [3.8, 4) is 0 Å². The van der Waals surface area contributed by atoms with E-state index in [1.54, 1.807) is 0 Å². The Morgan fingerprint density at radius 1 is 1.38 bits per heavy atom. The lowest BCUT2D eigenvalue weighted by atomic mass is 10.0. The average Bonchev–Trinajstić information content (AvgIpc) is 3.07. The molecule has 1 aliphatic heterocycles. The lowest BCUT2D eigenvalue weighted by Gasteiger charge is -2.15. The van der Waals surface area contributed by atoms with Crippen LogP contribution in [0.1, 0.15) is 28.9 Å². The minimum atomic E-state index is -4.49. The Morgan fingerprint density at radius 3 is 2.81 bits per heavy atom. The molecular formula is C17H17F3N4O2. The number of benzene rings is 1. The highest BCUT2D eigenvalue weighted by Gasteiger charge is 2.33. The van der Waals surface area contributed by atoms with Gasteiger partial charge in [0.05, 0.1) is 23.8 Å². The molecule has 1 unspecified atom stereocenters. The maximum atomic E-state index is 13.2. The molecule has 26 heavy (non-hydrogen) atoms. The minimum absolute atomic E-state index is 0.0147. The number of halogens is 3. The number of aromatic amines is 1. The van der Waals surface area contributed by atoms with Crippen molar-refractivity contribution >= 4 is 12.0 Å². The van der Waals surface area contributed by atoms with Crippen molar-refractivity contribution in [2.45, 2.75) is 25.1 Å². The maximum Gasteiger partial charge on any atom is 0.416 e. The molecule has 1 saturated heterocycles. The first-order chi connectivity index (χ1) is 12.4. The third-order valence-electron chi connectivity index (χ3n) is 4.10. The van der Waals surface area contributed by atoms with Gasteiger partial charge in [-0.1, -0.05) is 18.2 Å². The van der Waals surface area contributed by atoms with E-state index in [-0.39, 0.29) is 35.2 Å². The summed E-state index contributed by atoms with van der Waals surface area (Å²) in [6.45, 7) is 1.02. The van der Waals surface area contributed by atoms with Gasteiger partial charge >= 0.3 is 6.18 Å². The molecule has 0 saturated carbocycles. The summed E-state index contributed by atoms with van der Waals surface area (Å²) in [7, 11) is 0. The number of H-pyrrole nitrogens is 1. The zero-order valence-corrected chi connectivity index (χ0v) is 13.7. The van der Waals surface area contributed by atoms with Crippen molar-refractivity contribution in [2.24, 2.45) is 0 Å². The van der Waals surface area contributed by atoms with Gasteiger partial charge in [-0.05, 0) is 18.1 Å². The lowest BCUT2D eigenvalue weighted by Crippen LogP contribution is -2.26. The van der Waals surface area contributed by atoms with Crippen LogP contribution in [-0.4, -0.2) is 35.4 Å². The first-order valence-corrected chi connectivity index (χ1v) is 8.01. The quantitative estimate of drug-likeness (QED) is 0.710. The van der Waals surface area contributed by atoms with Crippen LogP contribution < -0.4 is 10.9 Å². The van der Waals surface area contributed by atoms with E-state index < -0.39 is 17.3 Å². The summed E-state index contributed by atoms with van der Waals surface area (Å²) < 4.78 is 44.7. The molecule has 1 atom stereocenters. The molecule has 2 aromatic rings. The standard InChI is InChI=1S/C17H17F3N4O2/c18-17(19,20)13-4-2-1-3-10(13)7-14-23-15(12(8-21)16(25)24-14)22-11-5-6-26-9-11/h1-4,8,11,21H,5-7,9H2,(H2,22,23,24,25). The Morgan fingerprint density at radius 2 is 2.15 bits per heavy atom. The van der Waals surface area contributed by atoms with Gasteiger partial charge in [0, 0.05) is 19.2 Å². The molecular weight excluding hydrogens is 349 g/mol. The normalized spacial score (nSPS) is 17.3. The van der Waals surface area contributed by atoms with E-state index in [1.807, 2.05) is 0 Å².